The summed E-state index contributed by atoms with van der Waals surface area (Å²) in [5, 5.41) is 17.6. The zero-order valence-corrected chi connectivity index (χ0v) is 32.2. The van der Waals surface area contributed by atoms with Crippen LogP contribution < -0.4 is 26.0 Å². The Morgan fingerprint density at radius 2 is 1.22 bits per heavy atom. The van der Waals surface area contributed by atoms with E-state index >= 15 is 0 Å². The Bertz CT molecular complexity index is 2420. The largest absolute Gasteiger partial charge is 0.497 e. The average Bonchev–Trinajstić information content (AvgIpc) is 3.94. The number of rotatable bonds is 15. The van der Waals surface area contributed by atoms with Crippen LogP contribution in [-0.2, 0) is 13.1 Å². The number of anilines is 2. The van der Waals surface area contributed by atoms with E-state index in [4.69, 9.17) is 51.1 Å². The number of methoxy groups -OCH3 is 1. The minimum absolute atomic E-state index is 0.550. The molecule has 0 saturated heterocycles. The second-order valence-electron chi connectivity index (χ2n) is 12.4. The Morgan fingerprint density at radius 3 is 1.81 bits per heavy atom. The lowest BCUT2D eigenvalue weighted by Crippen LogP contribution is -2.18. The summed E-state index contributed by atoms with van der Waals surface area (Å²) < 4.78 is 5.26. The Balaban J connectivity index is 0.000000167. The van der Waals surface area contributed by atoms with Crippen molar-refractivity contribution >= 4 is 102 Å². The summed E-state index contributed by atoms with van der Waals surface area (Å²) >= 11 is 25.2. The highest BCUT2D eigenvalue weighted by molar-refractivity contribution is 6.44. The molecular formula is C37H38Cl4N12O. The van der Waals surface area contributed by atoms with Crippen LogP contribution in [0.2, 0.25) is 20.1 Å². The van der Waals surface area contributed by atoms with Crippen molar-refractivity contribution < 1.29 is 4.74 Å². The third-order valence-corrected chi connectivity index (χ3v) is 9.97. The summed E-state index contributed by atoms with van der Waals surface area (Å²) in [6, 6.07) is 17.0. The smallest absolute Gasteiger partial charge is 0.202 e. The number of ether oxygens (including phenoxy) is 1. The molecule has 0 saturated carbocycles. The van der Waals surface area contributed by atoms with Gasteiger partial charge < -0.3 is 45.9 Å². The van der Waals surface area contributed by atoms with Gasteiger partial charge in [0.1, 0.15) is 5.75 Å². The summed E-state index contributed by atoms with van der Waals surface area (Å²) in [4.78, 5) is 30.2. The first-order valence-electron chi connectivity index (χ1n) is 17.4. The van der Waals surface area contributed by atoms with Gasteiger partial charge in [-0.25, -0.2) is 9.97 Å². The minimum Gasteiger partial charge on any atom is -0.497 e. The number of halogens is 4. The number of pyridine rings is 2. The molecule has 0 fully saturated rings. The van der Waals surface area contributed by atoms with Crippen LogP contribution in [0.4, 0.5) is 11.9 Å². The molecular weight excluding hydrogens is 770 g/mol. The van der Waals surface area contributed by atoms with Gasteiger partial charge in [0.15, 0.2) is 11.3 Å². The molecule has 0 aliphatic rings. The van der Waals surface area contributed by atoms with E-state index in [9.17, 15) is 0 Å². The van der Waals surface area contributed by atoms with Gasteiger partial charge in [0.25, 0.3) is 0 Å². The summed E-state index contributed by atoms with van der Waals surface area (Å²) in [6.07, 6.45) is 5.35. The molecule has 0 aliphatic carbocycles. The topological polar surface area (TPSA) is 172 Å². The maximum atomic E-state index is 6.49. The molecule has 280 valence electrons. The van der Waals surface area contributed by atoms with Crippen LogP contribution in [0.15, 0.2) is 67.0 Å². The average molecular weight is 809 g/mol. The maximum Gasteiger partial charge on any atom is 0.202 e. The molecule has 17 heteroatoms. The van der Waals surface area contributed by atoms with Gasteiger partial charge >= 0.3 is 0 Å². The van der Waals surface area contributed by atoms with Crippen LogP contribution >= 0.6 is 46.4 Å². The highest BCUT2D eigenvalue weighted by Gasteiger charge is 2.14. The summed E-state index contributed by atoms with van der Waals surface area (Å²) in [5.41, 5.74) is 7.03. The first-order valence-corrected chi connectivity index (χ1v) is 18.9. The van der Waals surface area contributed by atoms with Gasteiger partial charge in [-0.15, -0.1) is 0 Å². The number of fused-ring (bicyclic) bond motifs is 4. The lowest BCUT2D eigenvalue weighted by atomic mass is 10.2. The molecule has 8 N–H and O–H groups in total. The van der Waals surface area contributed by atoms with E-state index in [1.54, 1.807) is 25.6 Å². The Hall–Kier alpha value is -4.76. The van der Waals surface area contributed by atoms with Crippen molar-refractivity contribution in [1.29, 1.82) is 0 Å². The third kappa shape index (κ3) is 8.95. The molecule has 0 amide bonds. The molecule has 13 nitrogen and oxygen atoms in total. The minimum atomic E-state index is 0.550. The zero-order valence-electron chi connectivity index (χ0n) is 29.2. The van der Waals surface area contributed by atoms with Crippen molar-refractivity contribution in [3.8, 4) is 5.75 Å². The standard InChI is InChI=1S/C19H21ClN6O.C18H17Cl3N6/c1-27-12-5-6-14-13(10-12)17(20)16(24-14)11-21-7-3-9-23-19-25-15-4-2-8-22-18(15)26-19;19-10-7-11(20)15-13(8-10)25-14(16(15)21)9-22-4-2-6-24-18-26-12-3-1-5-23-17(12)27-18/h2,4-6,8,10,21,24H,3,7,9,11H2,1H3,(H2,22,23,25,26);1,3,5,7-8,22,25H,2,4,6,9H2,(H2,23,24,26,27). The van der Waals surface area contributed by atoms with Crippen LogP contribution in [-0.4, -0.2) is 73.2 Å². The Morgan fingerprint density at radius 1 is 0.630 bits per heavy atom. The SMILES string of the molecule is COc1ccc2[nH]c(CNCCCNc3nc4ncccc4[nH]3)c(Cl)c2c1.Clc1cc(Cl)c2c(Cl)c(CNCCCNc3nc4ncccc4[nH]3)[nH]c2c1. The summed E-state index contributed by atoms with van der Waals surface area (Å²) in [5.74, 6) is 2.28. The fraction of sp³-hybridized carbons (Fsp3) is 0.243. The predicted octanol–water partition coefficient (Wildman–Crippen LogP) is 8.68. The van der Waals surface area contributed by atoms with Gasteiger partial charge in [-0.05, 0) is 80.5 Å². The van der Waals surface area contributed by atoms with E-state index in [2.05, 4.69) is 61.1 Å². The van der Waals surface area contributed by atoms with Crippen LogP contribution in [0.25, 0.3) is 44.1 Å². The number of aromatic amines is 4. The monoisotopic (exact) mass is 806 g/mol. The van der Waals surface area contributed by atoms with Crippen molar-refractivity contribution in [3.05, 3.63) is 98.5 Å². The predicted molar refractivity (Wildman–Crippen MR) is 221 cm³/mol. The van der Waals surface area contributed by atoms with Gasteiger partial charge in [-0.2, -0.15) is 9.97 Å². The molecule has 0 unspecified atom stereocenters. The number of nitrogens with one attached hydrogen (secondary N) is 8. The van der Waals surface area contributed by atoms with Gasteiger partial charge in [-0.1, -0.05) is 46.4 Å². The fourth-order valence-corrected chi connectivity index (χ4v) is 7.18. The molecule has 2 aromatic carbocycles. The molecule has 8 aromatic rings. The first kappa shape index (κ1) is 37.6. The van der Waals surface area contributed by atoms with Crippen LogP contribution in [0.1, 0.15) is 24.2 Å². The molecule has 0 spiro atoms. The lowest BCUT2D eigenvalue weighted by molar-refractivity contribution is 0.415. The number of imidazole rings is 2. The van der Waals surface area contributed by atoms with Crippen LogP contribution in [0, 0.1) is 0 Å². The fourth-order valence-electron chi connectivity index (χ4n) is 5.95. The maximum absolute atomic E-state index is 6.49. The number of nitrogens with zero attached hydrogens (tertiary/aromatic N) is 4. The van der Waals surface area contributed by atoms with Crippen LogP contribution in [0.3, 0.4) is 0 Å². The van der Waals surface area contributed by atoms with E-state index in [1.807, 2.05) is 48.5 Å². The number of aromatic nitrogens is 8. The third-order valence-electron chi connectivity index (χ3n) is 8.60. The molecule has 6 aromatic heterocycles. The zero-order chi connectivity index (χ0) is 37.4. The molecule has 8 rings (SSSR count). The summed E-state index contributed by atoms with van der Waals surface area (Å²) in [6.45, 7) is 4.59. The normalized spacial score (nSPS) is 11.4. The van der Waals surface area contributed by atoms with E-state index < -0.39 is 0 Å². The van der Waals surface area contributed by atoms with E-state index in [0.29, 0.717) is 33.8 Å². The molecule has 0 bridgehead atoms. The van der Waals surface area contributed by atoms with Gasteiger partial charge in [0.05, 0.1) is 38.7 Å². The van der Waals surface area contributed by atoms with Gasteiger partial charge in [-0.3, -0.25) is 0 Å². The molecule has 6 heterocycles. The van der Waals surface area contributed by atoms with Gasteiger partial charge in [0, 0.05) is 71.3 Å². The Kier molecular flexibility index (Phi) is 12.2. The number of hydrogen-bond donors (Lipinski definition) is 8. The number of hydrogen-bond acceptors (Lipinski definition) is 9. The van der Waals surface area contributed by atoms with Crippen molar-refractivity contribution in [3.63, 3.8) is 0 Å². The first-order chi connectivity index (χ1) is 26.4. The van der Waals surface area contributed by atoms with Crippen molar-refractivity contribution in [2.24, 2.45) is 0 Å². The molecule has 54 heavy (non-hydrogen) atoms. The van der Waals surface area contributed by atoms with Crippen molar-refractivity contribution in [2.45, 2.75) is 25.9 Å². The Labute approximate surface area is 330 Å². The second kappa shape index (κ2) is 17.6. The van der Waals surface area contributed by atoms with E-state index in [0.717, 1.165) is 112 Å². The van der Waals surface area contributed by atoms with E-state index in [1.165, 1.54) is 0 Å². The highest BCUT2D eigenvalue weighted by Crippen LogP contribution is 2.35. The second-order valence-corrected chi connectivity index (χ2v) is 14.0. The summed E-state index contributed by atoms with van der Waals surface area (Å²) in [7, 11) is 1.65. The highest BCUT2D eigenvalue weighted by atomic mass is 35.5. The lowest BCUT2D eigenvalue weighted by Gasteiger charge is -2.05. The molecule has 0 atom stereocenters. The molecule has 0 radical (unpaired) electrons. The molecule has 0 aliphatic heterocycles. The van der Waals surface area contributed by atoms with Crippen molar-refractivity contribution in [1.82, 2.24) is 50.5 Å². The number of benzene rings is 2. The quantitative estimate of drug-likeness (QED) is 0.0472. The van der Waals surface area contributed by atoms with Crippen molar-refractivity contribution in [2.75, 3.05) is 43.9 Å². The van der Waals surface area contributed by atoms with Gasteiger partial charge in [0.2, 0.25) is 11.9 Å². The van der Waals surface area contributed by atoms with E-state index in [-0.39, 0.29) is 0 Å². The van der Waals surface area contributed by atoms with Crippen LogP contribution in [0.5, 0.6) is 5.75 Å². The number of H-pyrrole nitrogens is 4.